The van der Waals surface area contributed by atoms with Gasteiger partial charge in [0.2, 0.25) is 5.75 Å². The molecule has 1 aromatic carbocycles. The van der Waals surface area contributed by atoms with Crippen LogP contribution in [-0.2, 0) is 0 Å². The third-order valence-electron chi connectivity index (χ3n) is 4.34. The normalized spacial score (nSPS) is 14.4. The molecule has 6 heteroatoms. The maximum absolute atomic E-state index is 10.1. The Bertz CT molecular complexity index is 865. The van der Waals surface area contributed by atoms with Crippen molar-refractivity contribution in [3.05, 3.63) is 35.6 Å². The second-order valence-electron chi connectivity index (χ2n) is 7.35. The summed E-state index contributed by atoms with van der Waals surface area (Å²) in [6, 6.07) is 1.81. The van der Waals surface area contributed by atoms with Crippen molar-refractivity contribution in [1.82, 2.24) is 0 Å². The van der Waals surface area contributed by atoms with Gasteiger partial charge in [-0.25, -0.2) is 0 Å². The number of fused-ring (bicyclic) bond motifs is 2. The highest BCUT2D eigenvalue weighted by molar-refractivity contribution is 5.96. The second-order valence-corrected chi connectivity index (χ2v) is 7.35. The van der Waals surface area contributed by atoms with E-state index in [-0.39, 0.29) is 6.61 Å². The minimum Gasteiger partial charge on any atom is -0.488 e. The van der Waals surface area contributed by atoms with Crippen LogP contribution in [-0.4, -0.2) is 41.7 Å². The Labute approximate surface area is 158 Å². The average Bonchev–Trinajstić information content (AvgIpc) is 3.08. The maximum atomic E-state index is 10.1. The van der Waals surface area contributed by atoms with E-state index in [0.717, 1.165) is 10.9 Å². The number of aliphatic hydroxyl groups excluding tert-OH is 1. The summed E-state index contributed by atoms with van der Waals surface area (Å²) in [6.45, 7) is 7.81. The largest absolute Gasteiger partial charge is 0.488 e. The SMILES string of the molecule is CC(C)=CCOc1c2c(c(OC[C@@H](O)C(C)(C)O)c3occc13)OCC=C2. The first-order valence-electron chi connectivity index (χ1n) is 8.95. The average molecular weight is 374 g/mol. The summed E-state index contributed by atoms with van der Waals surface area (Å²) in [5.41, 5.74) is 1.14. The minimum absolute atomic E-state index is 0.100. The Hall–Kier alpha value is -2.44. The second kappa shape index (κ2) is 7.66. The van der Waals surface area contributed by atoms with Crippen molar-refractivity contribution in [2.24, 2.45) is 0 Å². The molecule has 1 aliphatic rings. The zero-order chi connectivity index (χ0) is 19.6. The van der Waals surface area contributed by atoms with Crippen LogP contribution in [0.1, 0.15) is 33.3 Å². The fourth-order valence-electron chi connectivity index (χ4n) is 2.67. The molecule has 0 unspecified atom stereocenters. The molecular formula is C21H26O6. The van der Waals surface area contributed by atoms with Gasteiger partial charge in [0.15, 0.2) is 11.3 Å². The fraction of sp³-hybridized carbons (Fsp3) is 0.429. The molecule has 27 heavy (non-hydrogen) atoms. The molecule has 6 nitrogen and oxygen atoms in total. The van der Waals surface area contributed by atoms with Crippen molar-refractivity contribution < 1.29 is 28.8 Å². The first kappa shape index (κ1) is 19.3. The van der Waals surface area contributed by atoms with E-state index in [4.69, 9.17) is 18.6 Å². The van der Waals surface area contributed by atoms with Crippen molar-refractivity contribution in [2.45, 2.75) is 39.4 Å². The Morgan fingerprint density at radius 2 is 2.07 bits per heavy atom. The van der Waals surface area contributed by atoms with Gasteiger partial charge in [0.1, 0.15) is 31.7 Å². The maximum Gasteiger partial charge on any atom is 0.205 e. The molecule has 1 aromatic heterocycles. The molecule has 2 N–H and O–H groups in total. The molecule has 2 heterocycles. The predicted molar refractivity (Wildman–Crippen MR) is 103 cm³/mol. The quantitative estimate of drug-likeness (QED) is 0.720. The molecule has 1 aliphatic heterocycles. The van der Waals surface area contributed by atoms with Crippen molar-refractivity contribution in [3.8, 4) is 17.2 Å². The van der Waals surface area contributed by atoms with Crippen LogP contribution < -0.4 is 14.2 Å². The number of ether oxygens (including phenoxy) is 3. The summed E-state index contributed by atoms with van der Waals surface area (Å²) in [5, 5.41) is 20.8. The van der Waals surface area contributed by atoms with Gasteiger partial charge < -0.3 is 28.8 Å². The van der Waals surface area contributed by atoms with Crippen LogP contribution in [0, 0.1) is 0 Å². The topological polar surface area (TPSA) is 81.3 Å². The van der Waals surface area contributed by atoms with E-state index in [1.165, 1.54) is 19.4 Å². The van der Waals surface area contributed by atoms with E-state index in [2.05, 4.69) is 0 Å². The van der Waals surface area contributed by atoms with Gasteiger partial charge in [-0.1, -0.05) is 5.57 Å². The lowest BCUT2D eigenvalue weighted by molar-refractivity contribution is -0.0663. The molecule has 0 saturated carbocycles. The van der Waals surface area contributed by atoms with Gasteiger partial charge in [0, 0.05) is 0 Å². The van der Waals surface area contributed by atoms with Crippen LogP contribution in [0.3, 0.4) is 0 Å². The van der Waals surface area contributed by atoms with Crippen LogP contribution >= 0.6 is 0 Å². The first-order chi connectivity index (χ1) is 12.8. The number of hydrogen-bond donors (Lipinski definition) is 2. The van der Waals surface area contributed by atoms with Crippen LogP contribution in [0.25, 0.3) is 17.0 Å². The van der Waals surface area contributed by atoms with Gasteiger partial charge in [-0.2, -0.15) is 0 Å². The highest BCUT2D eigenvalue weighted by Crippen LogP contribution is 2.48. The van der Waals surface area contributed by atoms with Crippen LogP contribution in [0.4, 0.5) is 0 Å². The molecule has 0 amide bonds. The first-order valence-corrected chi connectivity index (χ1v) is 8.95. The summed E-state index contributed by atoms with van der Waals surface area (Å²) >= 11 is 0. The molecule has 3 rings (SSSR count). The lowest BCUT2D eigenvalue weighted by Crippen LogP contribution is -2.40. The van der Waals surface area contributed by atoms with Crippen molar-refractivity contribution in [3.63, 3.8) is 0 Å². The standard InChI is InChI=1S/C21H26O6/c1-13(2)7-10-25-17-14-6-5-9-24-18(14)20(19-15(17)8-11-26-19)27-12-16(22)21(3,4)23/h5-8,11,16,22-23H,9-10,12H2,1-4H3/t16-/m1/s1. The number of furan rings is 1. The zero-order valence-electron chi connectivity index (χ0n) is 16.1. The Kier molecular flexibility index (Phi) is 5.48. The summed E-state index contributed by atoms with van der Waals surface area (Å²) in [6.07, 6.45) is 6.33. The molecule has 0 aliphatic carbocycles. The van der Waals surface area contributed by atoms with E-state index in [1.807, 2.05) is 38.1 Å². The number of allylic oxidation sites excluding steroid dienone is 1. The number of aliphatic hydroxyl groups is 2. The molecule has 0 radical (unpaired) electrons. The van der Waals surface area contributed by atoms with Crippen LogP contribution in [0.15, 0.2) is 34.5 Å². The molecular weight excluding hydrogens is 348 g/mol. The van der Waals surface area contributed by atoms with Crippen molar-refractivity contribution in [1.29, 1.82) is 0 Å². The van der Waals surface area contributed by atoms with E-state index in [9.17, 15) is 10.2 Å². The van der Waals surface area contributed by atoms with Gasteiger partial charge in [-0.15, -0.1) is 0 Å². The third-order valence-corrected chi connectivity index (χ3v) is 4.34. The monoisotopic (exact) mass is 374 g/mol. The Morgan fingerprint density at radius 1 is 1.30 bits per heavy atom. The van der Waals surface area contributed by atoms with Gasteiger partial charge in [-0.3, -0.25) is 0 Å². The lowest BCUT2D eigenvalue weighted by Gasteiger charge is -2.26. The molecule has 0 fully saturated rings. The molecule has 0 saturated heterocycles. The van der Waals surface area contributed by atoms with Crippen molar-refractivity contribution in [2.75, 3.05) is 19.8 Å². The summed E-state index contributed by atoms with van der Waals surface area (Å²) < 4.78 is 23.3. The van der Waals surface area contributed by atoms with Gasteiger partial charge in [-0.05, 0) is 52.0 Å². The van der Waals surface area contributed by atoms with E-state index in [0.29, 0.717) is 36.0 Å². The highest BCUT2D eigenvalue weighted by Gasteiger charge is 2.29. The summed E-state index contributed by atoms with van der Waals surface area (Å²) in [4.78, 5) is 0. The minimum atomic E-state index is -1.28. The Balaban J connectivity index is 2.01. The molecule has 1 atom stereocenters. The molecule has 2 aromatic rings. The molecule has 0 spiro atoms. The molecule has 0 bridgehead atoms. The predicted octanol–water partition coefficient (Wildman–Crippen LogP) is 3.69. The van der Waals surface area contributed by atoms with Crippen molar-refractivity contribution >= 4 is 17.0 Å². The van der Waals surface area contributed by atoms with E-state index >= 15 is 0 Å². The van der Waals surface area contributed by atoms with Gasteiger partial charge in [0.25, 0.3) is 0 Å². The number of benzene rings is 1. The smallest absolute Gasteiger partial charge is 0.205 e. The summed E-state index contributed by atoms with van der Waals surface area (Å²) in [7, 11) is 0. The number of rotatable bonds is 7. The van der Waals surface area contributed by atoms with E-state index < -0.39 is 11.7 Å². The highest BCUT2D eigenvalue weighted by atomic mass is 16.5. The molecule has 146 valence electrons. The third kappa shape index (κ3) is 4.12. The van der Waals surface area contributed by atoms with E-state index in [1.54, 1.807) is 6.26 Å². The van der Waals surface area contributed by atoms with Gasteiger partial charge >= 0.3 is 0 Å². The fourth-order valence-corrected chi connectivity index (χ4v) is 2.67. The zero-order valence-corrected chi connectivity index (χ0v) is 16.1. The van der Waals surface area contributed by atoms with Gasteiger partial charge in [0.05, 0.1) is 22.8 Å². The van der Waals surface area contributed by atoms with Crippen LogP contribution in [0.5, 0.6) is 17.2 Å². The Morgan fingerprint density at radius 3 is 2.78 bits per heavy atom. The summed E-state index contributed by atoms with van der Waals surface area (Å²) in [5.74, 6) is 1.57. The number of hydrogen-bond acceptors (Lipinski definition) is 6. The van der Waals surface area contributed by atoms with Crippen LogP contribution in [0.2, 0.25) is 0 Å². The lowest BCUT2D eigenvalue weighted by atomic mass is 10.0.